The zero-order valence-corrected chi connectivity index (χ0v) is 15.3. The van der Waals surface area contributed by atoms with Crippen molar-refractivity contribution in [1.82, 2.24) is 4.90 Å². The summed E-state index contributed by atoms with van der Waals surface area (Å²) >= 11 is 1.13. The molecule has 0 saturated carbocycles. The normalized spacial score (nSPS) is 33.8. The quantitative estimate of drug-likeness (QED) is 0.676. The SMILES string of the molecule is CCCCCO[C@H]([C@H]1O[C@@H]2SC(N(C)C)=N[C@@H]2[C@@H](O)[C@@H]1O)C(F)(F)F. The summed E-state index contributed by atoms with van der Waals surface area (Å²) in [4.78, 5) is 5.92. The van der Waals surface area contributed by atoms with E-state index in [-0.39, 0.29) is 6.61 Å². The van der Waals surface area contributed by atoms with Gasteiger partial charge >= 0.3 is 6.18 Å². The van der Waals surface area contributed by atoms with Gasteiger partial charge in [0.05, 0.1) is 0 Å². The van der Waals surface area contributed by atoms with Crippen molar-refractivity contribution in [2.24, 2.45) is 4.99 Å². The van der Waals surface area contributed by atoms with Gasteiger partial charge in [0.1, 0.15) is 29.8 Å². The van der Waals surface area contributed by atoms with Crippen LogP contribution < -0.4 is 0 Å². The van der Waals surface area contributed by atoms with Gasteiger partial charge in [0.25, 0.3) is 0 Å². The Kier molecular flexibility index (Phi) is 7.00. The summed E-state index contributed by atoms with van der Waals surface area (Å²) in [6.45, 7) is 1.85. The molecule has 2 aliphatic rings. The third-order valence-electron chi connectivity index (χ3n) is 4.14. The first-order valence-corrected chi connectivity index (χ1v) is 9.16. The number of hydrogen-bond donors (Lipinski definition) is 2. The predicted molar refractivity (Wildman–Crippen MR) is 88.5 cm³/mol. The average molecular weight is 386 g/mol. The van der Waals surface area contributed by atoms with Gasteiger partial charge in [-0.3, -0.25) is 4.99 Å². The molecule has 2 heterocycles. The number of aliphatic hydroxyl groups is 2. The molecule has 0 spiro atoms. The van der Waals surface area contributed by atoms with Crippen molar-refractivity contribution in [2.45, 2.75) is 68.3 Å². The Morgan fingerprint density at radius 1 is 1.28 bits per heavy atom. The Morgan fingerprint density at radius 2 is 1.96 bits per heavy atom. The fraction of sp³-hybridized carbons (Fsp3) is 0.933. The molecule has 2 aliphatic heterocycles. The molecule has 1 saturated heterocycles. The van der Waals surface area contributed by atoms with Crippen LogP contribution in [-0.2, 0) is 9.47 Å². The smallest absolute Gasteiger partial charge is 0.388 e. The van der Waals surface area contributed by atoms with Crippen LogP contribution in [0.4, 0.5) is 13.2 Å². The topological polar surface area (TPSA) is 74.5 Å². The lowest BCUT2D eigenvalue weighted by Gasteiger charge is -2.41. The van der Waals surface area contributed by atoms with Gasteiger partial charge in [0.2, 0.25) is 0 Å². The summed E-state index contributed by atoms with van der Waals surface area (Å²) < 4.78 is 50.8. The van der Waals surface area contributed by atoms with Gasteiger partial charge in [0.15, 0.2) is 11.3 Å². The van der Waals surface area contributed by atoms with E-state index in [2.05, 4.69) is 4.99 Å². The summed E-state index contributed by atoms with van der Waals surface area (Å²) in [5.41, 5.74) is -0.787. The molecular formula is C15H25F3N2O4S. The van der Waals surface area contributed by atoms with E-state index >= 15 is 0 Å². The molecule has 0 aromatic heterocycles. The minimum atomic E-state index is -4.71. The highest BCUT2D eigenvalue weighted by atomic mass is 32.2. The van der Waals surface area contributed by atoms with E-state index in [0.717, 1.165) is 24.6 Å². The summed E-state index contributed by atoms with van der Waals surface area (Å²) in [6.07, 6.45) is -9.78. The van der Waals surface area contributed by atoms with Crippen LogP contribution in [0.3, 0.4) is 0 Å². The third-order valence-corrected chi connectivity index (χ3v) is 5.44. The lowest BCUT2D eigenvalue weighted by molar-refractivity contribution is -0.284. The molecule has 0 amide bonds. The molecule has 25 heavy (non-hydrogen) atoms. The number of alkyl halides is 3. The molecule has 0 aliphatic carbocycles. The number of ether oxygens (including phenoxy) is 2. The fourth-order valence-corrected chi connectivity index (χ4v) is 3.93. The van der Waals surface area contributed by atoms with Crippen LogP contribution in [0.5, 0.6) is 0 Å². The second-order valence-corrected chi connectivity index (χ2v) is 7.47. The van der Waals surface area contributed by atoms with Gasteiger partial charge in [-0.05, 0) is 6.42 Å². The molecule has 2 N–H and O–H groups in total. The number of halogens is 3. The maximum Gasteiger partial charge on any atom is 0.417 e. The minimum Gasteiger partial charge on any atom is -0.388 e. The van der Waals surface area contributed by atoms with E-state index in [1.807, 2.05) is 6.92 Å². The minimum absolute atomic E-state index is 0.0820. The monoisotopic (exact) mass is 386 g/mol. The molecular weight excluding hydrogens is 361 g/mol. The van der Waals surface area contributed by atoms with Crippen molar-refractivity contribution >= 4 is 16.9 Å². The predicted octanol–water partition coefficient (Wildman–Crippen LogP) is 1.60. The number of hydrogen-bond acceptors (Lipinski definition) is 7. The summed E-state index contributed by atoms with van der Waals surface area (Å²) in [5.74, 6) is 0. The van der Waals surface area contributed by atoms with Crippen molar-refractivity contribution < 1.29 is 32.9 Å². The number of rotatable bonds is 6. The molecule has 0 aromatic rings. The number of unbranched alkanes of at least 4 members (excludes halogenated alkanes) is 2. The number of amidine groups is 1. The van der Waals surface area contributed by atoms with Crippen molar-refractivity contribution in [3.8, 4) is 0 Å². The van der Waals surface area contributed by atoms with Crippen molar-refractivity contribution in [3.05, 3.63) is 0 Å². The van der Waals surface area contributed by atoms with Gasteiger partial charge in [-0.1, -0.05) is 31.5 Å². The molecule has 0 unspecified atom stereocenters. The van der Waals surface area contributed by atoms with E-state index in [9.17, 15) is 23.4 Å². The molecule has 0 bridgehead atoms. The number of nitrogens with zero attached hydrogens (tertiary/aromatic N) is 2. The molecule has 2 rings (SSSR count). The van der Waals surface area contributed by atoms with Crippen molar-refractivity contribution in [3.63, 3.8) is 0 Å². The Balaban J connectivity index is 2.11. The van der Waals surface area contributed by atoms with Crippen LogP contribution >= 0.6 is 11.8 Å². The van der Waals surface area contributed by atoms with Crippen LogP contribution in [0, 0.1) is 0 Å². The van der Waals surface area contributed by atoms with Crippen LogP contribution in [0.25, 0.3) is 0 Å². The van der Waals surface area contributed by atoms with E-state index < -0.39 is 42.1 Å². The van der Waals surface area contributed by atoms with Gasteiger partial charge in [0, 0.05) is 20.7 Å². The number of aliphatic hydroxyl groups excluding tert-OH is 2. The largest absolute Gasteiger partial charge is 0.417 e. The summed E-state index contributed by atoms with van der Waals surface area (Å²) in [6, 6.07) is -0.803. The van der Waals surface area contributed by atoms with Crippen molar-refractivity contribution in [1.29, 1.82) is 0 Å². The molecule has 6 nitrogen and oxygen atoms in total. The zero-order valence-electron chi connectivity index (χ0n) is 14.4. The maximum atomic E-state index is 13.4. The fourth-order valence-electron chi connectivity index (χ4n) is 2.78. The number of fused-ring (bicyclic) bond motifs is 1. The summed E-state index contributed by atoms with van der Waals surface area (Å²) in [5, 5.41) is 21.0. The maximum absolute atomic E-state index is 13.4. The number of aliphatic imine (C=N–C) groups is 1. The van der Waals surface area contributed by atoms with E-state index in [0.29, 0.717) is 11.6 Å². The standard InChI is InChI=1S/C15H25F3N2O4S/c1-4-5-6-7-23-12(15(16,17)18)11-10(22)9(21)8-13(24-11)25-14(19-8)20(2)3/h8-13,21-22H,4-7H2,1-3H3/t8-,9-,10+,11+,12-,13-/m1/s1. The Morgan fingerprint density at radius 3 is 2.52 bits per heavy atom. The second-order valence-electron chi connectivity index (χ2n) is 6.40. The molecule has 10 heteroatoms. The van der Waals surface area contributed by atoms with Crippen LogP contribution in [-0.4, -0.2) is 83.1 Å². The molecule has 146 valence electrons. The van der Waals surface area contributed by atoms with Crippen LogP contribution in [0.1, 0.15) is 26.2 Å². The van der Waals surface area contributed by atoms with Crippen LogP contribution in [0.15, 0.2) is 4.99 Å². The highest BCUT2D eigenvalue weighted by molar-refractivity contribution is 8.14. The van der Waals surface area contributed by atoms with Crippen LogP contribution in [0.2, 0.25) is 0 Å². The Hall–Kier alpha value is -0.550. The summed E-state index contributed by atoms with van der Waals surface area (Å²) in [7, 11) is 3.47. The van der Waals surface area contributed by atoms with Gasteiger partial charge < -0.3 is 24.6 Å². The molecule has 6 atom stereocenters. The van der Waals surface area contributed by atoms with Gasteiger partial charge in [-0.15, -0.1) is 0 Å². The number of thioether (sulfide) groups is 1. The van der Waals surface area contributed by atoms with E-state index in [1.54, 1.807) is 19.0 Å². The van der Waals surface area contributed by atoms with Gasteiger partial charge in [-0.2, -0.15) is 13.2 Å². The third kappa shape index (κ3) is 4.79. The highest BCUT2D eigenvalue weighted by Gasteiger charge is 2.57. The molecule has 0 radical (unpaired) electrons. The molecule has 1 fully saturated rings. The first-order valence-electron chi connectivity index (χ1n) is 8.28. The lowest BCUT2D eigenvalue weighted by atomic mass is 9.94. The van der Waals surface area contributed by atoms with E-state index in [1.165, 1.54) is 0 Å². The first-order chi connectivity index (χ1) is 11.7. The van der Waals surface area contributed by atoms with Crippen molar-refractivity contribution in [2.75, 3.05) is 20.7 Å². The van der Waals surface area contributed by atoms with Gasteiger partial charge in [-0.25, -0.2) is 0 Å². The Bertz CT molecular complexity index is 478. The lowest BCUT2D eigenvalue weighted by Crippen LogP contribution is -2.61. The zero-order chi connectivity index (χ0) is 18.8. The second kappa shape index (κ2) is 8.43. The first kappa shape index (κ1) is 20.8. The Labute approximate surface area is 149 Å². The molecule has 0 aromatic carbocycles. The average Bonchev–Trinajstić information content (AvgIpc) is 2.95. The van der Waals surface area contributed by atoms with E-state index in [4.69, 9.17) is 9.47 Å². The highest BCUT2D eigenvalue weighted by Crippen LogP contribution is 2.40.